The van der Waals surface area contributed by atoms with Crippen LogP contribution < -0.4 is 26.5 Å². The summed E-state index contributed by atoms with van der Waals surface area (Å²) in [5, 5.41) is 27.2. The predicted molar refractivity (Wildman–Crippen MR) is 223 cm³/mol. The van der Waals surface area contributed by atoms with Gasteiger partial charge in [0.25, 0.3) is 0 Å². The van der Waals surface area contributed by atoms with Crippen LogP contribution in [0.5, 0.6) is 0 Å². The van der Waals surface area contributed by atoms with E-state index in [-0.39, 0.29) is 42.8 Å². The third-order valence-electron chi connectivity index (χ3n) is 10.3. The number of carbonyl (C=O) groups is 4. The zero-order valence-electron chi connectivity index (χ0n) is 31.9. The summed E-state index contributed by atoms with van der Waals surface area (Å²) in [4.78, 5) is 45.3. The molecular formula is C45H57N2O7P. The normalized spacial score (nSPS) is 19.3. The van der Waals surface area contributed by atoms with Crippen LogP contribution in [0.3, 0.4) is 0 Å². The topological polar surface area (TPSA) is 142 Å². The van der Waals surface area contributed by atoms with E-state index in [1.165, 1.54) is 15.9 Å². The molecule has 2 bridgehead atoms. The zero-order chi connectivity index (χ0) is 39.3. The summed E-state index contributed by atoms with van der Waals surface area (Å²) in [6, 6.07) is 31.9. The van der Waals surface area contributed by atoms with Crippen molar-refractivity contribution in [3.8, 4) is 0 Å². The van der Waals surface area contributed by atoms with Gasteiger partial charge in [-0.2, -0.15) is 0 Å². The van der Waals surface area contributed by atoms with Gasteiger partial charge in [-0.25, -0.2) is 4.79 Å². The minimum absolute atomic E-state index is 0.0584. The summed E-state index contributed by atoms with van der Waals surface area (Å²) in [6.07, 6.45) is 18.4. The number of rotatable bonds is 20. The third kappa shape index (κ3) is 13.4. The molecule has 10 heteroatoms. The molecule has 3 aromatic rings. The van der Waals surface area contributed by atoms with Gasteiger partial charge in [-0.15, -0.1) is 0 Å². The molecule has 0 unspecified atom stereocenters. The molecule has 2 saturated heterocycles. The van der Waals surface area contributed by atoms with Crippen LogP contribution in [0.25, 0.3) is 0 Å². The van der Waals surface area contributed by atoms with Crippen LogP contribution in [0.2, 0.25) is 0 Å². The molecule has 294 valence electrons. The number of carboxylic acid groups (broad SMARTS) is 2. The first kappa shape index (κ1) is 42.9. The number of unbranched alkanes of at least 4 members (excludes halogenated alkanes) is 2. The van der Waals surface area contributed by atoms with E-state index in [0.29, 0.717) is 25.4 Å². The molecule has 0 aromatic heterocycles. The monoisotopic (exact) mass is 768 g/mol. The number of allylic oxidation sites excluding steroid dienone is 4. The van der Waals surface area contributed by atoms with E-state index >= 15 is 0 Å². The van der Waals surface area contributed by atoms with Gasteiger partial charge >= 0.3 is 161 Å². The van der Waals surface area contributed by atoms with E-state index in [4.69, 9.17) is 14.9 Å². The van der Waals surface area contributed by atoms with Gasteiger partial charge in [0.2, 0.25) is 11.8 Å². The summed E-state index contributed by atoms with van der Waals surface area (Å²) in [5.41, 5.74) is 0. The molecule has 0 saturated carbocycles. The Labute approximate surface area is 326 Å². The summed E-state index contributed by atoms with van der Waals surface area (Å²) < 4.78 is 6.04. The Balaban J connectivity index is 0.000000246. The van der Waals surface area contributed by atoms with Crippen molar-refractivity contribution in [2.75, 3.05) is 19.3 Å². The molecule has 55 heavy (non-hydrogen) atoms. The minimum atomic E-state index is -2.28. The fourth-order valence-corrected chi connectivity index (χ4v) is 12.2. The summed E-state index contributed by atoms with van der Waals surface area (Å²) in [7, 11) is -2.28. The second-order valence-electron chi connectivity index (χ2n) is 14.1. The maximum atomic E-state index is 12.1. The number of carbonyl (C=O) groups excluding carboxylic acids is 2. The Morgan fingerprint density at radius 3 is 1.82 bits per heavy atom. The Morgan fingerprint density at radius 2 is 1.27 bits per heavy atom. The standard InChI is InChI=1S/C23H23O2P.C22H34N2O5/c24-23(25)18-10-11-19-26(20-12-4-1-5-13-20,21-14-6-2-7-15-21)22-16-8-3-9-17-22;1-2-3-8-13-23-20(25)14-21(26)24-15-17-16(18-11-12-19(17)29-18)9-6-4-5-7-10-22(27)28/h1-17,26H,18-19H2,(H,24,25);4,6-7,10,16-19H,2-3,5,8-9,11-15H2,1H3,(H,23,25)(H,24,26)(H,27,28)/b;6-4-,10-7+/t;16-,17+,18-,19+/m.1/s1. The van der Waals surface area contributed by atoms with Crippen LogP contribution in [0.15, 0.2) is 127 Å². The maximum absolute atomic E-state index is 12.1. The molecule has 5 rings (SSSR count). The van der Waals surface area contributed by atoms with E-state index in [1.807, 2.05) is 30.4 Å². The van der Waals surface area contributed by atoms with Gasteiger partial charge in [0.1, 0.15) is 6.42 Å². The van der Waals surface area contributed by atoms with Gasteiger partial charge in [0.05, 0.1) is 12.2 Å². The van der Waals surface area contributed by atoms with E-state index < -0.39 is 19.2 Å². The molecule has 3 aromatic carbocycles. The first-order chi connectivity index (χ1) is 26.7. The summed E-state index contributed by atoms with van der Waals surface area (Å²) in [6.45, 7) is 3.25. The Hall–Kier alpha value is -4.85. The molecule has 9 nitrogen and oxygen atoms in total. The van der Waals surface area contributed by atoms with Crippen molar-refractivity contribution >= 4 is 46.9 Å². The number of amides is 2. The molecule has 0 radical (unpaired) electrons. The van der Waals surface area contributed by atoms with Gasteiger partial charge in [0, 0.05) is 25.1 Å². The Kier molecular flexibility index (Phi) is 18.1. The van der Waals surface area contributed by atoms with Crippen LogP contribution in [0.4, 0.5) is 0 Å². The van der Waals surface area contributed by atoms with E-state index in [0.717, 1.165) is 50.8 Å². The molecular weight excluding hydrogens is 711 g/mol. The van der Waals surface area contributed by atoms with Gasteiger partial charge in [-0.3, -0.25) is 9.59 Å². The molecule has 2 amide bonds. The van der Waals surface area contributed by atoms with Crippen molar-refractivity contribution < 1.29 is 34.1 Å². The predicted octanol–water partition coefficient (Wildman–Crippen LogP) is 6.31. The van der Waals surface area contributed by atoms with Crippen molar-refractivity contribution in [3.63, 3.8) is 0 Å². The first-order valence-corrected chi connectivity index (χ1v) is 21.7. The van der Waals surface area contributed by atoms with Crippen LogP contribution >= 0.6 is 7.26 Å². The SMILES string of the molecule is CCCCCNC(=O)CC(=O)NC[C@H]1[C@@H](C/C=C\C/C=C/C(=O)O)[C@H]2CC[C@@H]1O2.O=C(O)CC=CC[PH](c1ccccc1)(c1ccccc1)c1ccccc1. The summed E-state index contributed by atoms with van der Waals surface area (Å²) in [5.74, 6) is -1.61. The van der Waals surface area contributed by atoms with Gasteiger partial charge in [0.15, 0.2) is 0 Å². The third-order valence-corrected chi connectivity index (χ3v) is 15.1. The van der Waals surface area contributed by atoms with Crippen molar-refractivity contribution in [2.45, 2.75) is 76.9 Å². The van der Waals surface area contributed by atoms with Crippen molar-refractivity contribution in [2.24, 2.45) is 11.8 Å². The van der Waals surface area contributed by atoms with E-state index in [9.17, 15) is 19.2 Å². The van der Waals surface area contributed by atoms with Gasteiger partial charge in [-0.05, 0) is 38.0 Å². The summed E-state index contributed by atoms with van der Waals surface area (Å²) >= 11 is 0. The number of fused-ring (bicyclic) bond motifs is 2. The van der Waals surface area contributed by atoms with E-state index in [1.54, 1.807) is 12.2 Å². The first-order valence-electron chi connectivity index (χ1n) is 19.5. The molecule has 2 fully saturated rings. The number of aliphatic carboxylic acids is 2. The van der Waals surface area contributed by atoms with Crippen LogP contribution in [-0.4, -0.2) is 65.4 Å². The molecule has 0 spiro atoms. The molecule has 2 heterocycles. The molecule has 4 atom stereocenters. The number of carboxylic acids is 2. The van der Waals surface area contributed by atoms with Gasteiger partial charge < -0.3 is 20.5 Å². The van der Waals surface area contributed by atoms with E-state index in [2.05, 4.69) is 96.4 Å². The quantitative estimate of drug-likeness (QED) is 0.0347. The second-order valence-corrected chi connectivity index (χ2v) is 18.1. The number of hydrogen-bond acceptors (Lipinski definition) is 5. The molecule has 0 aliphatic carbocycles. The van der Waals surface area contributed by atoms with Gasteiger partial charge in [-0.1, -0.05) is 38.0 Å². The van der Waals surface area contributed by atoms with Crippen LogP contribution in [0.1, 0.15) is 64.7 Å². The second kappa shape index (κ2) is 23.2. The fourth-order valence-electron chi connectivity index (χ4n) is 7.65. The van der Waals surface area contributed by atoms with Crippen LogP contribution in [-0.2, 0) is 23.9 Å². The number of ether oxygens (including phenoxy) is 1. The van der Waals surface area contributed by atoms with Crippen LogP contribution in [0, 0.1) is 11.8 Å². The Bertz CT molecular complexity index is 1630. The van der Waals surface area contributed by atoms with Crippen molar-refractivity contribution in [1.29, 1.82) is 0 Å². The number of hydrogen-bond donors (Lipinski definition) is 4. The van der Waals surface area contributed by atoms with Crippen molar-refractivity contribution in [3.05, 3.63) is 127 Å². The fraction of sp³-hybridized carbons (Fsp3) is 0.378. The molecule has 2 aliphatic rings. The number of nitrogens with one attached hydrogen (secondary N) is 2. The zero-order valence-corrected chi connectivity index (χ0v) is 32.9. The average molecular weight is 769 g/mol. The Morgan fingerprint density at radius 1 is 0.709 bits per heavy atom. The average Bonchev–Trinajstić information content (AvgIpc) is 3.81. The van der Waals surface area contributed by atoms with Crippen molar-refractivity contribution in [1.82, 2.24) is 10.6 Å². The number of benzene rings is 3. The molecule has 4 N–H and O–H groups in total. The molecule has 2 aliphatic heterocycles.